The molecule has 56 heavy (non-hydrogen) atoms. The lowest BCUT2D eigenvalue weighted by atomic mass is 9.90. The molecule has 0 amide bonds. The molecule has 0 saturated heterocycles. The van der Waals surface area contributed by atoms with Crippen molar-refractivity contribution in [2.24, 2.45) is 10.7 Å². The Bertz CT molecular complexity index is 3150. The summed E-state index contributed by atoms with van der Waals surface area (Å²) in [5, 5.41) is 12.9. The molecule has 7 aromatic carbocycles. The van der Waals surface area contributed by atoms with Crippen LogP contribution in [0.2, 0.25) is 0 Å². The number of nitrogens with two attached hydrogens (primary N) is 1. The molecule has 6 heteroatoms. The van der Waals surface area contributed by atoms with Gasteiger partial charge in [-0.25, -0.2) is 4.99 Å². The van der Waals surface area contributed by atoms with Gasteiger partial charge in [-0.2, -0.15) is 0 Å². The molecule has 2 unspecified atom stereocenters. The first kappa shape index (κ1) is 32.0. The maximum absolute atomic E-state index is 8.98. The molecule has 266 valence electrons. The van der Waals surface area contributed by atoms with Gasteiger partial charge in [0.15, 0.2) is 5.84 Å². The SMILES string of the molecule is N=C(N=C(N)c1cccc2oc3ccc(-c4cc(-c5ccccc5)cc5oc6ccccc6c45)cc3c12)c1ccc(-c2cccc3c2OC2C=CC=CC32)cc1. The van der Waals surface area contributed by atoms with Crippen LogP contribution >= 0.6 is 0 Å². The first-order valence-electron chi connectivity index (χ1n) is 18.7. The normalized spacial score (nSPS) is 16.1. The Balaban J connectivity index is 0.971. The molecule has 9 aromatic rings. The fourth-order valence-electron chi connectivity index (χ4n) is 8.43. The summed E-state index contributed by atoms with van der Waals surface area (Å²) in [6.07, 6.45) is 8.44. The number of nitrogens with one attached hydrogen (secondary N) is 1. The van der Waals surface area contributed by atoms with Crippen LogP contribution in [0.3, 0.4) is 0 Å². The quantitative estimate of drug-likeness (QED) is 0.136. The molecule has 2 atom stereocenters. The highest BCUT2D eigenvalue weighted by atomic mass is 16.5. The molecule has 0 radical (unpaired) electrons. The lowest BCUT2D eigenvalue weighted by molar-refractivity contribution is 0.270. The van der Waals surface area contributed by atoms with Crippen molar-refractivity contribution in [3.8, 4) is 39.1 Å². The monoisotopic (exact) mass is 723 g/mol. The summed E-state index contributed by atoms with van der Waals surface area (Å²) in [6.45, 7) is 0. The molecule has 0 bridgehead atoms. The average Bonchev–Trinajstić information content (AvgIpc) is 3.94. The molecular weight excluding hydrogens is 691 g/mol. The van der Waals surface area contributed by atoms with Gasteiger partial charge in [0.25, 0.3) is 0 Å². The Kier molecular flexibility index (Phi) is 7.19. The number of ether oxygens (including phenoxy) is 1. The van der Waals surface area contributed by atoms with Crippen LogP contribution in [-0.2, 0) is 0 Å². The third kappa shape index (κ3) is 5.11. The van der Waals surface area contributed by atoms with Crippen molar-refractivity contribution in [3.63, 3.8) is 0 Å². The van der Waals surface area contributed by atoms with E-state index in [9.17, 15) is 0 Å². The van der Waals surface area contributed by atoms with Crippen molar-refractivity contribution in [1.82, 2.24) is 0 Å². The van der Waals surface area contributed by atoms with Crippen LogP contribution in [0.15, 0.2) is 184 Å². The summed E-state index contributed by atoms with van der Waals surface area (Å²) in [5.41, 5.74) is 18.8. The Morgan fingerprint density at radius 1 is 0.554 bits per heavy atom. The van der Waals surface area contributed by atoms with Crippen LogP contribution in [0.4, 0.5) is 0 Å². The Morgan fingerprint density at radius 2 is 1.30 bits per heavy atom. The molecule has 0 fully saturated rings. The van der Waals surface area contributed by atoms with Crippen molar-refractivity contribution in [2.45, 2.75) is 12.0 Å². The van der Waals surface area contributed by atoms with Crippen LogP contribution in [0.1, 0.15) is 22.6 Å². The Labute approximate surface area is 322 Å². The van der Waals surface area contributed by atoms with E-state index in [0.29, 0.717) is 16.7 Å². The zero-order chi connectivity index (χ0) is 37.3. The summed E-state index contributed by atoms with van der Waals surface area (Å²) in [6, 6.07) is 49.1. The third-order valence-corrected chi connectivity index (χ3v) is 11.1. The predicted molar refractivity (Wildman–Crippen MR) is 227 cm³/mol. The third-order valence-electron chi connectivity index (χ3n) is 11.1. The van der Waals surface area contributed by atoms with Crippen LogP contribution in [-0.4, -0.2) is 17.8 Å². The summed E-state index contributed by atoms with van der Waals surface area (Å²) in [7, 11) is 0. The number of hydrogen-bond acceptors (Lipinski definition) is 4. The Hall–Kier alpha value is -7.44. The highest BCUT2D eigenvalue weighted by molar-refractivity contribution is 6.21. The summed E-state index contributed by atoms with van der Waals surface area (Å²) in [5.74, 6) is 1.45. The number of para-hydroxylation sites is 2. The zero-order valence-corrected chi connectivity index (χ0v) is 30.1. The minimum atomic E-state index is 0.0166. The predicted octanol–water partition coefficient (Wildman–Crippen LogP) is 12.2. The van der Waals surface area contributed by atoms with Gasteiger partial charge >= 0.3 is 0 Å². The second kappa shape index (κ2) is 12.6. The van der Waals surface area contributed by atoms with Gasteiger partial charge in [-0.1, -0.05) is 127 Å². The van der Waals surface area contributed by atoms with Gasteiger partial charge in [-0.05, 0) is 70.3 Å². The lowest BCUT2D eigenvalue weighted by Gasteiger charge is -2.14. The van der Waals surface area contributed by atoms with Gasteiger partial charge in [-0.15, -0.1) is 0 Å². The number of furan rings is 2. The van der Waals surface area contributed by atoms with Crippen molar-refractivity contribution in [2.75, 3.05) is 0 Å². The van der Waals surface area contributed by atoms with Gasteiger partial charge in [-0.3, -0.25) is 5.41 Å². The van der Waals surface area contributed by atoms with Gasteiger partial charge in [0.1, 0.15) is 40.0 Å². The molecule has 1 aliphatic carbocycles. The minimum Gasteiger partial charge on any atom is -0.484 e. The highest BCUT2D eigenvalue weighted by Gasteiger charge is 2.33. The van der Waals surface area contributed by atoms with Crippen LogP contribution in [0.5, 0.6) is 5.75 Å². The summed E-state index contributed by atoms with van der Waals surface area (Å²) in [4.78, 5) is 4.64. The van der Waals surface area contributed by atoms with Crippen molar-refractivity contribution in [1.29, 1.82) is 5.41 Å². The van der Waals surface area contributed by atoms with E-state index in [1.807, 2.05) is 78.9 Å². The maximum Gasteiger partial charge on any atom is 0.154 e. The Morgan fingerprint density at radius 3 is 2.20 bits per heavy atom. The van der Waals surface area contributed by atoms with E-state index in [1.165, 1.54) is 5.56 Å². The summed E-state index contributed by atoms with van der Waals surface area (Å²) < 4.78 is 19.2. The number of aliphatic imine (C=N–C) groups is 1. The topological polar surface area (TPSA) is 97.7 Å². The van der Waals surface area contributed by atoms with Gasteiger partial charge in [0.2, 0.25) is 0 Å². The van der Waals surface area contributed by atoms with Crippen molar-refractivity contribution in [3.05, 3.63) is 187 Å². The second-order valence-electron chi connectivity index (χ2n) is 14.4. The van der Waals surface area contributed by atoms with Gasteiger partial charge in [0.05, 0.1) is 0 Å². The lowest BCUT2D eigenvalue weighted by Crippen LogP contribution is -2.16. The van der Waals surface area contributed by atoms with Gasteiger partial charge in [0, 0.05) is 49.7 Å². The van der Waals surface area contributed by atoms with Crippen LogP contribution in [0, 0.1) is 5.41 Å². The van der Waals surface area contributed by atoms with Gasteiger partial charge < -0.3 is 19.3 Å². The van der Waals surface area contributed by atoms with E-state index in [4.69, 9.17) is 24.7 Å². The largest absolute Gasteiger partial charge is 0.484 e. The maximum atomic E-state index is 8.98. The van der Waals surface area contributed by atoms with Crippen LogP contribution in [0.25, 0.3) is 77.3 Å². The van der Waals surface area contributed by atoms with E-state index in [2.05, 4.69) is 96.0 Å². The standard InChI is InChI=1S/C50H33N3O3/c51-49(31-22-20-30(21-23-31)34-14-8-15-36-35-12-4-6-17-41(35)56-48(34)36)53-50(52)38-16-9-19-44-47(38)40-26-32(24-25-43(40)54-44)39-27-33(29-10-2-1-3-11-29)28-45-46(39)37-13-5-7-18-42(37)55-45/h1-28,35,41H,(H3,51,52,53). The first-order valence-corrected chi connectivity index (χ1v) is 18.7. The average molecular weight is 724 g/mol. The number of fused-ring (bicyclic) bond motifs is 9. The van der Waals surface area contributed by atoms with E-state index in [1.54, 1.807) is 0 Å². The number of allylic oxidation sites excluding steroid dienone is 2. The molecule has 3 heterocycles. The van der Waals surface area contributed by atoms with Crippen molar-refractivity contribution < 1.29 is 13.6 Å². The summed E-state index contributed by atoms with van der Waals surface area (Å²) >= 11 is 0. The molecule has 0 spiro atoms. The molecule has 11 rings (SSSR count). The molecule has 3 N–H and O–H groups in total. The number of amidine groups is 2. The fraction of sp³-hybridized carbons (Fsp3) is 0.0400. The van der Waals surface area contributed by atoms with Crippen LogP contribution < -0.4 is 10.5 Å². The van der Waals surface area contributed by atoms with E-state index in [0.717, 1.165) is 77.4 Å². The number of nitrogens with zero attached hydrogens (tertiary/aromatic N) is 1. The number of hydrogen-bond donors (Lipinski definition) is 2. The highest BCUT2D eigenvalue weighted by Crippen LogP contribution is 2.47. The molecular formula is C50H33N3O3. The molecule has 6 nitrogen and oxygen atoms in total. The zero-order valence-electron chi connectivity index (χ0n) is 30.1. The number of rotatable bonds is 5. The second-order valence-corrected chi connectivity index (χ2v) is 14.4. The minimum absolute atomic E-state index is 0.0166. The van der Waals surface area contributed by atoms with E-state index >= 15 is 0 Å². The fourth-order valence-corrected chi connectivity index (χ4v) is 8.43. The number of benzene rings is 7. The van der Waals surface area contributed by atoms with Crippen molar-refractivity contribution >= 4 is 55.5 Å². The first-order chi connectivity index (χ1) is 27.6. The molecule has 1 aliphatic heterocycles. The van der Waals surface area contributed by atoms with E-state index in [-0.39, 0.29) is 23.7 Å². The smallest absolute Gasteiger partial charge is 0.154 e. The molecule has 0 saturated carbocycles. The molecule has 2 aromatic heterocycles. The molecule has 2 aliphatic rings. The van der Waals surface area contributed by atoms with E-state index < -0.39 is 0 Å².